The Hall–Kier alpha value is -7.64. The molecule has 10 N–H and O–H groups in total. The molecule has 3 aromatic rings. The number of aromatic nitrogens is 4. The van der Waals surface area contributed by atoms with Gasteiger partial charge in [-0.1, -0.05) is 0 Å². The Bertz CT molecular complexity index is 2590. The van der Waals surface area contributed by atoms with Gasteiger partial charge in [-0.3, -0.25) is 38.4 Å². The van der Waals surface area contributed by atoms with E-state index in [0.29, 0.717) is 0 Å². The second-order valence-corrected chi connectivity index (χ2v) is 13.9. The predicted molar refractivity (Wildman–Crippen MR) is 207 cm³/mol. The number of carbonyl (C=O) groups is 8. The quantitative estimate of drug-likeness (QED) is 0.0766. The van der Waals surface area contributed by atoms with Crippen molar-refractivity contribution in [3.8, 4) is 0 Å². The summed E-state index contributed by atoms with van der Waals surface area (Å²) in [6.07, 6.45) is -5.73. The average Bonchev–Trinajstić information content (AvgIpc) is 3.81. The van der Waals surface area contributed by atoms with Crippen LogP contribution in [0.25, 0.3) is 44.4 Å². The molecule has 0 radical (unpaired) electrons. The van der Waals surface area contributed by atoms with Crippen LogP contribution in [0.1, 0.15) is 96.4 Å². The standard InChI is InChI=1S/C40H38N4O16/c45-33(46)5-1-17-21(9-37(53)54)29-14-27-19(3-7-35(49)50)23(11-39(57)58)31(43-27)16-32-24(12-40(59)60)20(4-8-36(51)52)28(44-32)15-30-22(10-38(55)56)18(2-6-34(47)48)26(42-30)13-25(17)41-29/h13-16,41,43H,1-12H2,(H,45,46)(H,47,48)(H,49,50)(H,51,52)(H,53,54)(H,55,56)(H,57,58)(H,59,60). The minimum absolute atomic E-state index is 0.0151. The van der Waals surface area contributed by atoms with Crippen LogP contribution in [-0.2, 0) is 64.0 Å². The summed E-state index contributed by atoms with van der Waals surface area (Å²) in [5.41, 5.74) is 1.10. The number of H-pyrrole nitrogens is 2. The lowest BCUT2D eigenvalue weighted by Gasteiger charge is -2.07. The fourth-order valence-electron chi connectivity index (χ4n) is 7.37. The smallest absolute Gasteiger partial charge is 0.307 e. The van der Waals surface area contributed by atoms with Gasteiger partial charge in [-0.15, -0.1) is 0 Å². The number of aryl methyl sites for hydroxylation is 2. The van der Waals surface area contributed by atoms with Gasteiger partial charge < -0.3 is 50.8 Å². The van der Waals surface area contributed by atoms with Gasteiger partial charge in [0, 0.05) is 47.8 Å². The van der Waals surface area contributed by atoms with E-state index in [-0.39, 0.29) is 115 Å². The SMILES string of the molecule is O=C(O)CCC1=C(CC(=O)O)c2cc3nc(cc4[nH]c(cc5[nH]c(cc1n2)c(CCC(=O)O)c5CC(=O)O)c(CCC(=O)O)c4CC(=O)O)C(CC(=O)O)=C3CCC(=O)O. The summed E-state index contributed by atoms with van der Waals surface area (Å²) >= 11 is 0. The zero-order chi connectivity index (χ0) is 44.0. The van der Waals surface area contributed by atoms with Crippen LogP contribution in [0.5, 0.6) is 0 Å². The molecule has 5 heterocycles. The monoisotopic (exact) mass is 830 g/mol. The molecule has 3 aromatic heterocycles. The van der Waals surface area contributed by atoms with Gasteiger partial charge >= 0.3 is 47.8 Å². The zero-order valence-electron chi connectivity index (χ0n) is 31.5. The van der Waals surface area contributed by atoms with E-state index < -0.39 is 99.1 Å². The summed E-state index contributed by atoms with van der Waals surface area (Å²) in [6.45, 7) is 0. The molecule has 0 aromatic carbocycles. The van der Waals surface area contributed by atoms with E-state index in [1.54, 1.807) is 0 Å². The number of hydrogen-bond donors (Lipinski definition) is 10. The van der Waals surface area contributed by atoms with Gasteiger partial charge in [-0.05, 0) is 94.5 Å². The maximum absolute atomic E-state index is 12.3. The Balaban J connectivity index is 2.09. The number of fused-ring (bicyclic) bond motifs is 8. The number of aromatic amines is 2. The number of carboxylic acid groups (broad SMARTS) is 8. The first-order valence-corrected chi connectivity index (χ1v) is 18.3. The van der Waals surface area contributed by atoms with Crippen LogP contribution in [0.2, 0.25) is 0 Å². The molecule has 20 heteroatoms. The maximum Gasteiger partial charge on any atom is 0.307 e. The third-order valence-corrected chi connectivity index (χ3v) is 9.81. The van der Waals surface area contributed by atoms with Crippen molar-refractivity contribution in [3.63, 3.8) is 0 Å². The molecule has 8 bridgehead atoms. The summed E-state index contributed by atoms with van der Waals surface area (Å²) in [5, 5.41) is 78.6. The highest BCUT2D eigenvalue weighted by molar-refractivity contribution is 6.02. The third-order valence-electron chi connectivity index (χ3n) is 9.81. The summed E-state index contributed by atoms with van der Waals surface area (Å²) < 4.78 is 0. The molecule has 0 unspecified atom stereocenters. The molecule has 60 heavy (non-hydrogen) atoms. The van der Waals surface area contributed by atoms with E-state index in [1.165, 1.54) is 24.3 Å². The summed E-state index contributed by atoms with van der Waals surface area (Å²) in [5.74, 6) is -10.3. The number of nitrogens with one attached hydrogen (secondary N) is 2. The molecule has 5 rings (SSSR count). The molecule has 0 aliphatic carbocycles. The van der Waals surface area contributed by atoms with Crippen LogP contribution in [0, 0.1) is 0 Å². The molecule has 0 atom stereocenters. The van der Waals surface area contributed by atoms with Crippen molar-refractivity contribution in [2.45, 2.75) is 77.0 Å². The summed E-state index contributed by atoms with van der Waals surface area (Å²) in [4.78, 5) is 112. The molecule has 2 aliphatic rings. The Kier molecular flexibility index (Phi) is 13.3. The Morgan fingerprint density at radius 3 is 1.03 bits per heavy atom. The van der Waals surface area contributed by atoms with Gasteiger partial charge in [0.1, 0.15) is 0 Å². The highest BCUT2D eigenvalue weighted by atomic mass is 16.4. The van der Waals surface area contributed by atoms with Crippen molar-refractivity contribution in [2.75, 3.05) is 0 Å². The molecule has 0 spiro atoms. The van der Waals surface area contributed by atoms with Crippen LogP contribution < -0.4 is 0 Å². The second-order valence-electron chi connectivity index (χ2n) is 13.9. The Morgan fingerprint density at radius 1 is 0.350 bits per heavy atom. The van der Waals surface area contributed by atoms with Gasteiger partial charge in [0.25, 0.3) is 0 Å². The van der Waals surface area contributed by atoms with Crippen LogP contribution in [0.3, 0.4) is 0 Å². The number of allylic oxidation sites excluding steroid dienone is 2. The van der Waals surface area contributed by atoms with Crippen molar-refractivity contribution in [1.29, 1.82) is 0 Å². The highest BCUT2D eigenvalue weighted by Gasteiger charge is 2.28. The van der Waals surface area contributed by atoms with Gasteiger partial charge in [-0.25, -0.2) is 9.97 Å². The minimum Gasteiger partial charge on any atom is -0.481 e. The molecule has 0 saturated carbocycles. The molecular formula is C40H38N4O16. The molecule has 0 fully saturated rings. The van der Waals surface area contributed by atoms with E-state index in [0.717, 1.165) is 0 Å². The van der Waals surface area contributed by atoms with Gasteiger partial charge in [0.15, 0.2) is 0 Å². The van der Waals surface area contributed by atoms with Gasteiger partial charge in [-0.2, -0.15) is 0 Å². The number of nitrogens with zero attached hydrogens (tertiary/aromatic N) is 2. The van der Waals surface area contributed by atoms with E-state index in [4.69, 9.17) is 0 Å². The van der Waals surface area contributed by atoms with Crippen molar-refractivity contribution in [3.05, 3.63) is 69.3 Å². The van der Waals surface area contributed by atoms with Crippen molar-refractivity contribution < 1.29 is 79.2 Å². The lowest BCUT2D eigenvalue weighted by molar-refractivity contribution is -0.138. The largest absolute Gasteiger partial charge is 0.481 e. The topological polar surface area (TPSA) is 356 Å². The second kappa shape index (κ2) is 18.3. The van der Waals surface area contributed by atoms with Crippen molar-refractivity contribution in [1.82, 2.24) is 19.9 Å². The fraction of sp³-hybridized carbons (Fsp3) is 0.300. The fourth-order valence-corrected chi connectivity index (χ4v) is 7.37. The van der Waals surface area contributed by atoms with E-state index in [2.05, 4.69) is 19.9 Å². The molecule has 0 amide bonds. The maximum atomic E-state index is 12.3. The normalized spacial score (nSPS) is 12.4. The first-order valence-electron chi connectivity index (χ1n) is 18.3. The van der Waals surface area contributed by atoms with Gasteiger partial charge in [0.05, 0.1) is 48.5 Å². The number of rotatable bonds is 20. The molecule has 20 nitrogen and oxygen atoms in total. The van der Waals surface area contributed by atoms with E-state index in [9.17, 15) is 79.2 Å². The van der Waals surface area contributed by atoms with Crippen molar-refractivity contribution >= 4 is 92.1 Å². The first-order chi connectivity index (χ1) is 28.3. The lowest BCUT2D eigenvalue weighted by Crippen LogP contribution is -2.05. The van der Waals surface area contributed by atoms with Crippen LogP contribution in [0.4, 0.5) is 0 Å². The average molecular weight is 831 g/mol. The lowest BCUT2D eigenvalue weighted by atomic mass is 9.95. The van der Waals surface area contributed by atoms with Crippen LogP contribution in [-0.4, -0.2) is 109 Å². The Labute approximate surface area is 337 Å². The summed E-state index contributed by atoms with van der Waals surface area (Å²) in [7, 11) is 0. The van der Waals surface area contributed by atoms with E-state index in [1.807, 2.05) is 0 Å². The number of hydrogen-bond acceptors (Lipinski definition) is 10. The zero-order valence-corrected chi connectivity index (χ0v) is 31.5. The molecular weight excluding hydrogens is 792 g/mol. The van der Waals surface area contributed by atoms with Crippen LogP contribution >= 0.6 is 0 Å². The third kappa shape index (κ3) is 10.4. The molecule has 2 aliphatic heterocycles. The molecule has 314 valence electrons. The molecule has 0 saturated heterocycles. The van der Waals surface area contributed by atoms with Crippen molar-refractivity contribution in [2.24, 2.45) is 0 Å². The minimum atomic E-state index is -1.35. The summed E-state index contributed by atoms with van der Waals surface area (Å²) in [6, 6.07) is 5.39. The van der Waals surface area contributed by atoms with E-state index >= 15 is 0 Å². The van der Waals surface area contributed by atoms with Gasteiger partial charge in [0.2, 0.25) is 0 Å². The highest BCUT2D eigenvalue weighted by Crippen LogP contribution is 2.40. The van der Waals surface area contributed by atoms with Crippen LogP contribution in [0.15, 0.2) is 24.3 Å². The first kappa shape index (κ1) is 43.5. The number of carboxylic acids is 8. The predicted octanol–water partition coefficient (Wildman–Crippen LogP) is 4.10. The number of aliphatic carboxylic acids is 8. The Morgan fingerprint density at radius 2 is 0.650 bits per heavy atom.